The standard InChI is InChI=1S/C20H30N4O5/c1-4-12(2)17(24-16(25)11-22-18(26)13(3)21)19(27)23-15(20(28)29)10-14-8-6-5-7-9-14/h5-9,12-13,15,17H,4,10-11,21H2,1-3H3,(H,22,26)(H,23,27)(H,24,25)(H,28,29). The van der Waals surface area contributed by atoms with Crippen molar-refractivity contribution in [2.45, 2.75) is 51.7 Å². The van der Waals surface area contributed by atoms with Crippen LogP contribution in [0.25, 0.3) is 0 Å². The van der Waals surface area contributed by atoms with Crippen molar-refractivity contribution in [3.63, 3.8) is 0 Å². The molecule has 0 bridgehead atoms. The normalized spacial score (nSPS) is 14.8. The van der Waals surface area contributed by atoms with E-state index >= 15 is 0 Å². The van der Waals surface area contributed by atoms with E-state index in [1.54, 1.807) is 31.2 Å². The molecule has 0 aromatic heterocycles. The SMILES string of the molecule is CCC(C)C(NC(=O)CNC(=O)C(C)N)C(=O)NC(Cc1ccccc1)C(=O)O. The van der Waals surface area contributed by atoms with E-state index in [9.17, 15) is 24.3 Å². The summed E-state index contributed by atoms with van der Waals surface area (Å²) in [6, 6.07) is 6.11. The maximum Gasteiger partial charge on any atom is 0.326 e. The second kappa shape index (κ2) is 11.8. The monoisotopic (exact) mass is 406 g/mol. The number of nitrogens with one attached hydrogen (secondary N) is 3. The van der Waals surface area contributed by atoms with Crippen LogP contribution in [-0.2, 0) is 25.6 Å². The lowest BCUT2D eigenvalue weighted by molar-refractivity contribution is -0.142. The van der Waals surface area contributed by atoms with Gasteiger partial charge in [0.15, 0.2) is 0 Å². The Morgan fingerprint density at radius 2 is 1.66 bits per heavy atom. The fraction of sp³-hybridized carbons (Fsp3) is 0.500. The van der Waals surface area contributed by atoms with E-state index in [2.05, 4.69) is 16.0 Å². The van der Waals surface area contributed by atoms with Crippen LogP contribution in [0.15, 0.2) is 30.3 Å². The summed E-state index contributed by atoms with van der Waals surface area (Å²) in [4.78, 5) is 48.0. The molecule has 160 valence electrons. The number of aliphatic carboxylic acids is 1. The van der Waals surface area contributed by atoms with Crippen LogP contribution in [-0.4, -0.2) is 53.5 Å². The number of carbonyl (C=O) groups is 4. The molecule has 0 aliphatic carbocycles. The maximum absolute atomic E-state index is 12.7. The summed E-state index contributed by atoms with van der Waals surface area (Å²) in [7, 11) is 0. The fourth-order valence-electron chi connectivity index (χ4n) is 2.57. The Hall–Kier alpha value is -2.94. The number of carboxylic acid groups (broad SMARTS) is 1. The zero-order valence-corrected chi connectivity index (χ0v) is 17.0. The molecule has 1 aromatic carbocycles. The molecule has 4 atom stereocenters. The maximum atomic E-state index is 12.7. The van der Waals surface area contributed by atoms with Crippen molar-refractivity contribution in [2.75, 3.05) is 6.54 Å². The number of rotatable bonds is 11. The predicted octanol–water partition coefficient (Wildman–Crippen LogP) is -0.207. The Morgan fingerprint density at radius 3 is 2.17 bits per heavy atom. The van der Waals surface area contributed by atoms with Crippen LogP contribution >= 0.6 is 0 Å². The lowest BCUT2D eigenvalue weighted by Crippen LogP contribution is -2.56. The number of carbonyl (C=O) groups excluding carboxylic acids is 3. The third-order valence-corrected chi connectivity index (χ3v) is 4.55. The van der Waals surface area contributed by atoms with E-state index < -0.39 is 41.8 Å². The van der Waals surface area contributed by atoms with E-state index in [0.717, 1.165) is 5.56 Å². The largest absolute Gasteiger partial charge is 0.480 e. The van der Waals surface area contributed by atoms with Crippen LogP contribution in [0.1, 0.15) is 32.8 Å². The lowest BCUT2D eigenvalue weighted by atomic mass is 9.97. The van der Waals surface area contributed by atoms with Crippen molar-refractivity contribution in [1.82, 2.24) is 16.0 Å². The average Bonchev–Trinajstić information content (AvgIpc) is 2.69. The van der Waals surface area contributed by atoms with Gasteiger partial charge in [0.2, 0.25) is 17.7 Å². The van der Waals surface area contributed by atoms with Crippen LogP contribution in [0.2, 0.25) is 0 Å². The molecule has 0 heterocycles. The highest BCUT2D eigenvalue weighted by Crippen LogP contribution is 2.10. The van der Waals surface area contributed by atoms with Gasteiger partial charge in [-0.15, -0.1) is 0 Å². The van der Waals surface area contributed by atoms with Gasteiger partial charge >= 0.3 is 5.97 Å². The Kier molecular flexibility index (Phi) is 9.81. The van der Waals surface area contributed by atoms with Crippen molar-refractivity contribution in [2.24, 2.45) is 11.7 Å². The third kappa shape index (κ3) is 8.30. The highest BCUT2D eigenvalue weighted by molar-refractivity contribution is 5.92. The summed E-state index contributed by atoms with van der Waals surface area (Å²) >= 11 is 0. The Balaban J connectivity index is 2.79. The number of hydrogen-bond donors (Lipinski definition) is 5. The van der Waals surface area contributed by atoms with Gasteiger partial charge in [0.05, 0.1) is 12.6 Å². The molecule has 0 spiro atoms. The molecule has 1 rings (SSSR count). The number of hydrogen-bond acceptors (Lipinski definition) is 5. The first-order valence-corrected chi connectivity index (χ1v) is 9.55. The molecule has 0 saturated carbocycles. The van der Waals surface area contributed by atoms with Crippen LogP contribution in [0.4, 0.5) is 0 Å². The van der Waals surface area contributed by atoms with Crippen molar-refractivity contribution in [3.8, 4) is 0 Å². The fourth-order valence-corrected chi connectivity index (χ4v) is 2.57. The third-order valence-electron chi connectivity index (χ3n) is 4.55. The smallest absolute Gasteiger partial charge is 0.326 e. The molecule has 9 heteroatoms. The summed E-state index contributed by atoms with van der Waals surface area (Å²) in [5, 5.41) is 16.9. The van der Waals surface area contributed by atoms with Crippen molar-refractivity contribution in [1.29, 1.82) is 0 Å². The molecular weight excluding hydrogens is 376 g/mol. The van der Waals surface area contributed by atoms with Gasteiger partial charge in [-0.3, -0.25) is 14.4 Å². The van der Waals surface area contributed by atoms with E-state index in [4.69, 9.17) is 5.73 Å². The second-order valence-electron chi connectivity index (χ2n) is 7.03. The van der Waals surface area contributed by atoms with Gasteiger partial charge in [0, 0.05) is 6.42 Å². The van der Waals surface area contributed by atoms with E-state index in [1.165, 1.54) is 6.92 Å². The minimum Gasteiger partial charge on any atom is -0.480 e. The lowest BCUT2D eigenvalue weighted by Gasteiger charge is -2.25. The summed E-state index contributed by atoms with van der Waals surface area (Å²) in [6.45, 7) is 4.79. The first-order valence-electron chi connectivity index (χ1n) is 9.55. The van der Waals surface area contributed by atoms with Gasteiger partial charge in [-0.2, -0.15) is 0 Å². The van der Waals surface area contributed by atoms with Gasteiger partial charge in [0.25, 0.3) is 0 Å². The summed E-state index contributed by atoms with van der Waals surface area (Å²) < 4.78 is 0. The zero-order valence-electron chi connectivity index (χ0n) is 17.0. The molecule has 0 aliphatic rings. The van der Waals surface area contributed by atoms with Gasteiger partial charge in [-0.25, -0.2) is 4.79 Å². The quantitative estimate of drug-likeness (QED) is 0.343. The van der Waals surface area contributed by atoms with Crippen molar-refractivity contribution >= 4 is 23.7 Å². The second-order valence-corrected chi connectivity index (χ2v) is 7.03. The number of benzene rings is 1. The molecule has 9 nitrogen and oxygen atoms in total. The van der Waals surface area contributed by atoms with E-state index in [1.807, 2.05) is 13.0 Å². The van der Waals surface area contributed by atoms with Gasteiger partial charge in [-0.1, -0.05) is 50.6 Å². The average molecular weight is 406 g/mol. The molecule has 29 heavy (non-hydrogen) atoms. The minimum atomic E-state index is -1.17. The highest BCUT2D eigenvalue weighted by atomic mass is 16.4. The first kappa shape index (κ1) is 24.1. The molecule has 3 amide bonds. The van der Waals surface area contributed by atoms with Gasteiger partial charge in [-0.05, 0) is 18.4 Å². The minimum absolute atomic E-state index is 0.119. The Morgan fingerprint density at radius 1 is 1.03 bits per heavy atom. The topological polar surface area (TPSA) is 151 Å². The molecule has 0 fully saturated rings. The number of amides is 3. The zero-order chi connectivity index (χ0) is 22.0. The van der Waals surface area contributed by atoms with Crippen LogP contribution in [0.5, 0.6) is 0 Å². The summed E-state index contributed by atoms with van der Waals surface area (Å²) in [5.74, 6) is -3.04. The van der Waals surface area contributed by atoms with Crippen LogP contribution in [0.3, 0.4) is 0 Å². The Labute approximate surface area is 170 Å². The van der Waals surface area contributed by atoms with Crippen LogP contribution in [0, 0.1) is 5.92 Å². The van der Waals surface area contributed by atoms with Crippen molar-refractivity contribution in [3.05, 3.63) is 35.9 Å². The van der Waals surface area contributed by atoms with Gasteiger partial charge < -0.3 is 26.8 Å². The summed E-state index contributed by atoms with van der Waals surface area (Å²) in [5.41, 5.74) is 6.19. The van der Waals surface area contributed by atoms with Gasteiger partial charge in [0.1, 0.15) is 12.1 Å². The molecule has 0 aliphatic heterocycles. The number of carboxylic acids is 1. The predicted molar refractivity (Wildman–Crippen MR) is 108 cm³/mol. The molecular formula is C20H30N4O5. The molecule has 0 saturated heterocycles. The first-order chi connectivity index (χ1) is 13.6. The van der Waals surface area contributed by atoms with Crippen LogP contribution < -0.4 is 21.7 Å². The number of nitrogens with two attached hydrogens (primary N) is 1. The summed E-state index contributed by atoms with van der Waals surface area (Å²) in [6.07, 6.45) is 0.703. The molecule has 0 radical (unpaired) electrons. The molecule has 1 aromatic rings. The molecule has 6 N–H and O–H groups in total. The van der Waals surface area contributed by atoms with E-state index in [-0.39, 0.29) is 18.9 Å². The molecule has 4 unspecified atom stereocenters. The highest BCUT2D eigenvalue weighted by Gasteiger charge is 2.30. The van der Waals surface area contributed by atoms with E-state index in [0.29, 0.717) is 6.42 Å². The Bertz CT molecular complexity index is 708. The van der Waals surface area contributed by atoms with Crippen molar-refractivity contribution < 1.29 is 24.3 Å².